The summed E-state index contributed by atoms with van der Waals surface area (Å²) in [6, 6.07) is 11.9. The lowest BCUT2D eigenvalue weighted by molar-refractivity contribution is 0.410. The molecule has 3 heteroatoms. The van der Waals surface area contributed by atoms with E-state index in [0.29, 0.717) is 0 Å². The highest BCUT2D eigenvalue weighted by molar-refractivity contribution is 5.38. The number of pyridine rings is 1. The van der Waals surface area contributed by atoms with E-state index in [-0.39, 0.29) is 0 Å². The van der Waals surface area contributed by atoms with Crippen molar-refractivity contribution >= 4 is 0 Å². The first-order chi connectivity index (χ1) is 8.14. The van der Waals surface area contributed by atoms with Crippen LogP contribution in [-0.2, 0) is 5.54 Å². The van der Waals surface area contributed by atoms with Crippen LogP contribution in [0, 0.1) is 0 Å². The van der Waals surface area contributed by atoms with E-state index in [1.165, 1.54) is 0 Å². The summed E-state index contributed by atoms with van der Waals surface area (Å²) < 4.78 is 5.17. The van der Waals surface area contributed by atoms with Gasteiger partial charge in [-0.2, -0.15) is 0 Å². The molecule has 0 saturated carbocycles. The highest BCUT2D eigenvalue weighted by Crippen LogP contribution is 2.27. The van der Waals surface area contributed by atoms with Crippen molar-refractivity contribution in [2.45, 2.75) is 12.5 Å². The summed E-state index contributed by atoms with van der Waals surface area (Å²) >= 11 is 0. The van der Waals surface area contributed by atoms with E-state index in [9.17, 15) is 0 Å². The first-order valence-corrected chi connectivity index (χ1v) is 5.48. The number of nitrogens with zero attached hydrogens (tertiary/aromatic N) is 1. The SMILES string of the molecule is COc1cncc(C(C)(N)c2ccccc2)c1. The Morgan fingerprint density at radius 1 is 1.12 bits per heavy atom. The Bertz CT molecular complexity index is 495. The molecule has 0 bridgehead atoms. The van der Waals surface area contributed by atoms with Crippen molar-refractivity contribution in [3.63, 3.8) is 0 Å². The highest BCUT2D eigenvalue weighted by Gasteiger charge is 2.24. The Labute approximate surface area is 101 Å². The second-order valence-corrected chi connectivity index (χ2v) is 4.18. The van der Waals surface area contributed by atoms with Crippen LogP contribution in [0.1, 0.15) is 18.1 Å². The van der Waals surface area contributed by atoms with E-state index in [0.717, 1.165) is 16.9 Å². The predicted molar refractivity (Wildman–Crippen MR) is 67.9 cm³/mol. The van der Waals surface area contributed by atoms with Gasteiger partial charge in [-0.05, 0) is 24.1 Å². The molecule has 0 amide bonds. The van der Waals surface area contributed by atoms with E-state index >= 15 is 0 Å². The zero-order chi connectivity index (χ0) is 12.3. The van der Waals surface area contributed by atoms with Crippen molar-refractivity contribution in [1.82, 2.24) is 4.98 Å². The van der Waals surface area contributed by atoms with Crippen molar-refractivity contribution in [2.24, 2.45) is 5.73 Å². The van der Waals surface area contributed by atoms with Crippen molar-refractivity contribution in [1.29, 1.82) is 0 Å². The number of nitrogens with two attached hydrogens (primary N) is 1. The first kappa shape index (κ1) is 11.6. The molecule has 0 aliphatic heterocycles. The van der Waals surface area contributed by atoms with Crippen molar-refractivity contribution in [3.05, 3.63) is 59.9 Å². The van der Waals surface area contributed by atoms with Crippen LogP contribution in [0.4, 0.5) is 0 Å². The number of rotatable bonds is 3. The van der Waals surface area contributed by atoms with Gasteiger partial charge in [-0.1, -0.05) is 30.3 Å². The van der Waals surface area contributed by atoms with E-state index in [1.54, 1.807) is 19.5 Å². The molecule has 0 aliphatic rings. The monoisotopic (exact) mass is 228 g/mol. The van der Waals surface area contributed by atoms with Gasteiger partial charge >= 0.3 is 0 Å². The molecule has 0 spiro atoms. The van der Waals surface area contributed by atoms with Gasteiger partial charge in [0.25, 0.3) is 0 Å². The Balaban J connectivity index is 2.44. The fourth-order valence-corrected chi connectivity index (χ4v) is 1.77. The zero-order valence-electron chi connectivity index (χ0n) is 10.1. The minimum Gasteiger partial charge on any atom is -0.495 e. The summed E-state index contributed by atoms with van der Waals surface area (Å²) in [6.45, 7) is 1.97. The molecule has 0 fully saturated rings. The molecule has 3 nitrogen and oxygen atoms in total. The van der Waals surface area contributed by atoms with Crippen LogP contribution in [0.15, 0.2) is 48.8 Å². The van der Waals surface area contributed by atoms with E-state index < -0.39 is 5.54 Å². The second kappa shape index (κ2) is 4.55. The van der Waals surface area contributed by atoms with Gasteiger partial charge in [0.2, 0.25) is 0 Å². The molecule has 1 aromatic heterocycles. The first-order valence-electron chi connectivity index (χ1n) is 5.48. The molecule has 17 heavy (non-hydrogen) atoms. The average Bonchev–Trinajstić information content (AvgIpc) is 2.40. The minimum atomic E-state index is -0.567. The fourth-order valence-electron chi connectivity index (χ4n) is 1.77. The van der Waals surface area contributed by atoms with Gasteiger partial charge in [0.15, 0.2) is 0 Å². The summed E-state index contributed by atoms with van der Waals surface area (Å²) in [5.74, 6) is 0.718. The molecule has 0 saturated heterocycles. The topological polar surface area (TPSA) is 48.1 Å². The Morgan fingerprint density at radius 3 is 2.47 bits per heavy atom. The number of aromatic nitrogens is 1. The lowest BCUT2D eigenvalue weighted by Crippen LogP contribution is -2.34. The highest BCUT2D eigenvalue weighted by atomic mass is 16.5. The third kappa shape index (κ3) is 2.29. The summed E-state index contributed by atoms with van der Waals surface area (Å²) in [5.41, 5.74) is 7.81. The molecule has 2 N–H and O–H groups in total. The largest absolute Gasteiger partial charge is 0.495 e. The smallest absolute Gasteiger partial charge is 0.137 e. The van der Waals surface area contributed by atoms with Crippen LogP contribution in [0.2, 0.25) is 0 Å². The third-order valence-corrected chi connectivity index (χ3v) is 2.92. The van der Waals surface area contributed by atoms with Crippen LogP contribution >= 0.6 is 0 Å². The van der Waals surface area contributed by atoms with Crippen molar-refractivity contribution < 1.29 is 4.74 Å². The number of benzene rings is 1. The number of ether oxygens (including phenoxy) is 1. The molecule has 2 aromatic rings. The van der Waals surface area contributed by atoms with Gasteiger partial charge in [-0.25, -0.2) is 0 Å². The van der Waals surface area contributed by atoms with E-state index in [1.807, 2.05) is 43.3 Å². The van der Waals surface area contributed by atoms with E-state index in [2.05, 4.69) is 4.98 Å². The summed E-state index contributed by atoms with van der Waals surface area (Å²) in [7, 11) is 1.62. The minimum absolute atomic E-state index is 0.567. The average molecular weight is 228 g/mol. The Hall–Kier alpha value is -1.87. The van der Waals surface area contributed by atoms with Crippen LogP contribution < -0.4 is 10.5 Å². The quantitative estimate of drug-likeness (QED) is 0.877. The van der Waals surface area contributed by atoms with Crippen LogP contribution in [0.25, 0.3) is 0 Å². The molecule has 0 aliphatic carbocycles. The van der Waals surface area contributed by atoms with Crippen LogP contribution in [0.3, 0.4) is 0 Å². The maximum Gasteiger partial charge on any atom is 0.137 e. The third-order valence-electron chi connectivity index (χ3n) is 2.92. The molecule has 0 radical (unpaired) electrons. The standard InChI is InChI=1S/C14H16N2O/c1-14(15,11-6-4-3-5-7-11)12-8-13(17-2)10-16-9-12/h3-10H,15H2,1-2H3. The normalized spacial score (nSPS) is 14.1. The second-order valence-electron chi connectivity index (χ2n) is 4.18. The zero-order valence-corrected chi connectivity index (χ0v) is 10.1. The van der Waals surface area contributed by atoms with Crippen LogP contribution in [0.5, 0.6) is 5.75 Å². The predicted octanol–water partition coefficient (Wildman–Crippen LogP) is 2.31. The molecule has 1 aromatic carbocycles. The maximum absolute atomic E-state index is 6.39. The van der Waals surface area contributed by atoms with Gasteiger partial charge in [0.05, 0.1) is 18.8 Å². The molecule has 1 unspecified atom stereocenters. The summed E-state index contributed by atoms with van der Waals surface area (Å²) in [6.07, 6.45) is 3.44. The van der Waals surface area contributed by atoms with Crippen LogP contribution in [-0.4, -0.2) is 12.1 Å². The molecule has 2 rings (SSSR count). The van der Waals surface area contributed by atoms with E-state index in [4.69, 9.17) is 10.5 Å². The van der Waals surface area contributed by atoms with Gasteiger partial charge in [-0.3, -0.25) is 4.98 Å². The molecular weight excluding hydrogens is 212 g/mol. The Morgan fingerprint density at radius 2 is 1.82 bits per heavy atom. The molecule has 88 valence electrons. The molecule has 1 atom stereocenters. The maximum atomic E-state index is 6.39. The van der Waals surface area contributed by atoms with Gasteiger partial charge in [-0.15, -0.1) is 0 Å². The van der Waals surface area contributed by atoms with Crippen molar-refractivity contribution in [3.8, 4) is 5.75 Å². The Kier molecular flexibility index (Phi) is 3.11. The lowest BCUT2D eigenvalue weighted by atomic mass is 9.87. The number of methoxy groups -OCH3 is 1. The summed E-state index contributed by atoms with van der Waals surface area (Å²) in [5, 5.41) is 0. The van der Waals surface area contributed by atoms with Gasteiger partial charge in [0.1, 0.15) is 5.75 Å². The molecule has 1 heterocycles. The van der Waals surface area contributed by atoms with Gasteiger partial charge < -0.3 is 10.5 Å². The number of hydrogen-bond donors (Lipinski definition) is 1. The van der Waals surface area contributed by atoms with Gasteiger partial charge in [0, 0.05) is 6.20 Å². The number of hydrogen-bond acceptors (Lipinski definition) is 3. The van der Waals surface area contributed by atoms with Crippen molar-refractivity contribution in [2.75, 3.05) is 7.11 Å². The molecular formula is C14H16N2O. The fraction of sp³-hybridized carbons (Fsp3) is 0.214. The lowest BCUT2D eigenvalue weighted by Gasteiger charge is -2.25. The summed E-state index contributed by atoms with van der Waals surface area (Å²) in [4.78, 5) is 4.14.